The Kier molecular flexibility index (Phi) is 5.55. The van der Waals surface area contributed by atoms with Crippen molar-refractivity contribution in [3.63, 3.8) is 0 Å². The van der Waals surface area contributed by atoms with E-state index in [9.17, 15) is 0 Å². The number of benzene rings is 1. The van der Waals surface area contributed by atoms with Crippen LogP contribution in [0.2, 0.25) is 0 Å². The lowest BCUT2D eigenvalue weighted by Crippen LogP contribution is -2.32. The molecule has 0 aliphatic rings. The summed E-state index contributed by atoms with van der Waals surface area (Å²) in [5, 5.41) is 8.96. The van der Waals surface area contributed by atoms with Crippen LogP contribution in [-0.4, -0.2) is 28.1 Å². The maximum absolute atomic E-state index is 8.96. The summed E-state index contributed by atoms with van der Waals surface area (Å²) in [5.41, 5.74) is 7.70. The van der Waals surface area contributed by atoms with E-state index in [1.54, 1.807) is 0 Å². The fourth-order valence-corrected chi connectivity index (χ4v) is 1.88. The lowest BCUT2D eigenvalue weighted by Gasteiger charge is -2.24. The van der Waals surface area contributed by atoms with Gasteiger partial charge in [-0.05, 0) is 25.1 Å². The summed E-state index contributed by atoms with van der Waals surface area (Å²) in [7, 11) is 2.06. The van der Waals surface area contributed by atoms with Gasteiger partial charge in [0.25, 0.3) is 0 Å². The Hall–Kier alpha value is -0.970. The van der Waals surface area contributed by atoms with Crippen molar-refractivity contribution in [3.8, 4) is 0 Å². The van der Waals surface area contributed by atoms with Gasteiger partial charge < -0.3 is 10.8 Å². The van der Waals surface area contributed by atoms with E-state index in [1.165, 1.54) is 5.56 Å². The molecule has 4 heteroatoms. The van der Waals surface area contributed by atoms with E-state index in [1.807, 2.05) is 24.3 Å². The highest BCUT2D eigenvalue weighted by Crippen LogP contribution is 2.10. The Morgan fingerprint density at radius 3 is 2.35 bits per heavy atom. The molecule has 0 aliphatic carbocycles. The monoisotopic (exact) mass is 252 g/mol. The van der Waals surface area contributed by atoms with E-state index in [0.29, 0.717) is 11.0 Å². The van der Waals surface area contributed by atoms with Crippen LogP contribution in [-0.2, 0) is 13.2 Å². The molecule has 0 fully saturated rings. The molecule has 1 unspecified atom stereocenters. The summed E-state index contributed by atoms with van der Waals surface area (Å²) in [5.74, 6) is 0. The highest BCUT2D eigenvalue weighted by molar-refractivity contribution is 7.80. The van der Waals surface area contributed by atoms with Gasteiger partial charge >= 0.3 is 0 Å². The second-order valence-corrected chi connectivity index (χ2v) is 4.93. The molecule has 17 heavy (non-hydrogen) atoms. The van der Waals surface area contributed by atoms with Crippen LogP contribution in [0.4, 0.5) is 0 Å². The first-order valence-corrected chi connectivity index (χ1v) is 6.11. The van der Waals surface area contributed by atoms with Gasteiger partial charge in [0.05, 0.1) is 11.6 Å². The zero-order chi connectivity index (χ0) is 12.8. The Labute approximate surface area is 108 Å². The number of hydrogen-bond donors (Lipinski definition) is 2. The minimum absolute atomic E-state index is 0.0912. The molecular formula is C13H20N2OS. The van der Waals surface area contributed by atoms with Gasteiger partial charge in [-0.15, -0.1) is 0 Å². The van der Waals surface area contributed by atoms with E-state index in [4.69, 9.17) is 23.1 Å². The number of aliphatic hydroxyl groups excluding tert-OH is 1. The number of aliphatic hydroxyl groups is 1. The summed E-state index contributed by atoms with van der Waals surface area (Å²) in [6, 6.07) is 8.30. The van der Waals surface area contributed by atoms with E-state index in [0.717, 1.165) is 18.5 Å². The third-order valence-corrected chi connectivity index (χ3v) is 3.05. The molecule has 3 N–H and O–H groups in total. The van der Waals surface area contributed by atoms with Crippen molar-refractivity contribution in [2.75, 3.05) is 7.05 Å². The average molecular weight is 252 g/mol. The third-order valence-electron chi connectivity index (χ3n) is 2.89. The largest absolute Gasteiger partial charge is 0.393 e. The molecule has 0 radical (unpaired) electrons. The molecule has 0 aromatic heterocycles. The number of hydrogen-bond acceptors (Lipinski definition) is 3. The maximum Gasteiger partial charge on any atom is 0.0742 e. The van der Waals surface area contributed by atoms with Gasteiger partial charge in [-0.1, -0.05) is 36.5 Å². The molecule has 0 bridgehead atoms. The summed E-state index contributed by atoms with van der Waals surface area (Å²) in [6.45, 7) is 3.06. The Balaban J connectivity index is 2.54. The summed E-state index contributed by atoms with van der Waals surface area (Å²) in [4.78, 5) is 2.77. The summed E-state index contributed by atoms with van der Waals surface area (Å²) in [6.07, 6.45) is 0.737. The molecular weight excluding hydrogens is 232 g/mol. The quantitative estimate of drug-likeness (QED) is 0.756. The Morgan fingerprint density at radius 1 is 1.35 bits per heavy atom. The van der Waals surface area contributed by atoms with Gasteiger partial charge in [0.2, 0.25) is 0 Å². The van der Waals surface area contributed by atoms with E-state index in [2.05, 4.69) is 18.9 Å². The van der Waals surface area contributed by atoms with Crippen molar-refractivity contribution >= 4 is 17.2 Å². The first-order chi connectivity index (χ1) is 8.02. The molecule has 0 heterocycles. The van der Waals surface area contributed by atoms with Crippen molar-refractivity contribution < 1.29 is 5.11 Å². The maximum atomic E-state index is 8.96. The average Bonchev–Trinajstić information content (AvgIpc) is 2.29. The molecule has 1 atom stereocenters. The fraction of sp³-hybridized carbons (Fsp3) is 0.462. The molecule has 0 spiro atoms. The lowest BCUT2D eigenvalue weighted by molar-refractivity contribution is 0.255. The van der Waals surface area contributed by atoms with Crippen LogP contribution in [0.3, 0.4) is 0 Å². The standard InChI is InChI=1S/C13H20N2OS/c1-10(7-13(14)17)15(2)8-11-3-5-12(9-16)6-4-11/h3-6,10,16H,7-9H2,1-2H3,(H2,14,17). The van der Waals surface area contributed by atoms with Crippen LogP contribution >= 0.6 is 12.2 Å². The van der Waals surface area contributed by atoms with Crippen LogP contribution < -0.4 is 5.73 Å². The predicted octanol–water partition coefficient (Wildman–Crippen LogP) is 1.68. The lowest BCUT2D eigenvalue weighted by atomic mass is 10.1. The molecule has 0 saturated carbocycles. The smallest absolute Gasteiger partial charge is 0.0742 e. The fourth-order valence-electron chi connectivity index (χ4n) is 1.64. The van der Waals surface area contributed by atoms with Crippen molar-refractivity contribution in [3.05, 3.63) is 35.4 Å². The van der Waals surface area contributed by atoms with Crippen LogP contribution in [0.15, 0.2) is 24.3 Å². The molecule has 1 aromatic rings. The van der Waals surface area contributed by atoms with Crippen LogP contribution in [0.5, 0.6) is 0 Å². The van der Waals surface area contributed by atoms with Crippen molar-refractivity contribution in [1.29, 1.82) is 0 Å². The zero-order valence-corrected chi connectivity index (χ0v) is 11.2. The molecule has 3 nitrogen and oxygen atoms in total. The molecule has 0 amide bonds. The van der Waals surface area contributed by atoms with Gasteiger partial charge in [0.1, 0.15) is 0 Å². The van der Waals surface area contributed by atoms with Gasteiger partial charge in [-0.3, -0.25) is 4.90 Å². The summed E-state index contributed by atoms with van der Waals surface area (Å²) >= 11 is 4.91. The second-order valence-electron chi connectivity index (χ2n) is 4.41. The van der Waals surface area contributed by atoms with E-state index >= 15 is 0 Å². The number of rotatable bonds is 6. The molecule has 0 aliphatic heterocycles. The second kappa shape index (κ2) is 6.69. The van der Waals surface area contributed by atoms with Gasteiger partial charge in [0, 0.05) is 19.0 Å². The SMILES string of the molecule is CC(CC(N)=S)N(C)Cc1ccc(CO)cc1. The van der Waals surface area contributed by atoms with Crippen LogP contribution in [0.1, 0.15) is 24.5 Å². The highest BCUT2D eigenvalue weighted by atomic mass is 32.1. The number of nitrogens with two attached hydrogens (primary N) is 1. The summed E-state index contributed by atoms with van der Waals surface area (Å²) < 4.78 is 0. The number of thiocarbonyl (C=S) groups is 1. The van der Waals surface area contributed by atoms with Gasteiger partial charge in [0.15, 0.2) is 0 Å². The predicted molar refractivity (Wildman–Crippen MR) is 74.7 cm³/mol. The molecule has 1 rings (SSSR count). The Morgan fingerprint density at radius 2 is 1.88 bits per heavy atom. The molecule has 1 aromatic carbocycles. The number of nitrogens with zero attached hydrogens (tertiary/aromatic N) is 1. The zero-order valence-electron chi connectivity index (χ0n) is 10.4. The first kappa shape index (κ1) is 14.1. The first-order valence-electron chi connectivity index (χ1n) is 5.70. The molecule has 0 saturated heterocycles. The minimum atomic E-state index is 0.0912. The highest BCUT2D eigenvalue weighted by Gasteiger charge is 2.10. The molecule has 94 valence electrons. The minimum Gasteiger partial charge on any atom is -0.393 e. The third kappa shape index (κ3) is 4.81. The van der Waals surface area contributed by atoms with E-state index < -0.39 is 0 Å². The van der Waals surface area contributed by atoms with Gasteiger partial charge in [-0.25, -0.2) is 0 Å². The van der Waals surface area contributed by atoms with Crippen molar-refractivity contribution in [1.82, 2.24) is 4.90 Å². The topological polar surface area (TPSA) is 49.5 Å². The van der Waals surface area contributed by atoms with Crippen molar-refractivity contribution in [2.24, 2.45) is 5.73 Å². The Bertz CT molecular complexity index is 364. The normalized spacial score (nSPS) is 12.7. The van der Waals surface area contributed by atoms with Gasteiger partial charge in [-0.2, -0.15) is 0 Å². The van der Waals surface area contributed by atoms with Crippen molar-refractivity contribution in [2.45, 2.75) is 32.5 Å². The van der Waals surface area contributed by atoms with E-state index in [-0.39, 0.29) is 6.61 Å². The van der Waals surface area contributed by atoms with Crippen LogP contribution in [0, 0.1) is 0 Å². The van der Waals surface area contributed by atoms with Crippen LogP contribution in [0.25, 0.3) is 0 Å².